The zero-order chi connectivity index (χ0) is 19.9. The number of aryl methyl sites for hydroxylation is 2. The van der Waals surface area contributed by atoms with Crippen LogP contribution >= 0.6 is 0 Å². The van der Waals surface area contributed by atoms with E-state index in [1.165, 1.54) is 11.6 Å². The molecule has 0 radical (unpaired) electrons. The molecule has 0 saturated heterocycles. The van der Waals surface area contributed by atoms with Gasteiger partial charge in [0.1, 0.15) is 5.82 Å². The molecular weight excluding hydrogens is 350 g/mol. The molecule has 5 heteroatoms. The highest BCUT2D eigenvalue weighted by Crippen LogP contribution is 2.30. The van der Waals surface area contributed by atoms with Crippen molar-refractivity contribution in [1.29, 1.82) is 0 Å². The van der Waals surface area contributed by atoms with Crippen LogP contribution in [0.25, 0.3) is 0 Å². The number of aromatic amines is 1. The van der Waals surface area contributed by atoms with Crippen molar-refractivity contribution in [3.8, 4) is 0 Å². The van der Waals surface area contributed by atoms with Gasteiger partial charge in [-0.25, -0.2) is 4.98 Å². The molecule has 28 heavy (non-hydrogen) atoms. The van der Waals surface area contributed by atoms with Crippen LogP contribution < -0.4 is 10.9 Å². The van der Waals surface area contributed by atoms with Crippen molar-refractivity contribution in [2.75, 3.05) is 6.54 Å². The van der Waals surface area contributed by atoms with Crippen molar-refractivity contribution in [3.05, 3.63) is 99.2 Å². The predicted octanol–water partition coefficient (Wildman–Crippen LogP) is 3.27. The number of carbonyl (C=O) groups excluding carboxylic acids is 1. The summed E-state index contributed by atoms with van der Waals surface area (Å²) in [6.45, 7) is 4.29. The van der Waals surface area contributed by atoms with Gasteiger partial charge in [0.25, 0.3) is 5.56 Å². The van der Waals surface area contributed by atoms with Crippen molar-refractivity contribution in [2.45, 2.75) is 32.6 Å². The number of hydrogen-bond acceptors (Lipinski definition) is 3. The molecule has 0 bridgehead atoms. The van der Waals surface area contributed by atoms with E-state index in [4.69, 9.17) is 0 Å². The van der Waals surface area contributed by atoms with Gasteiger partial charge in [-0.1, -0.05) is 54.6 Å². The summed E-state index contributed by atoms with van der Waals surface area (Å²) in [6.07, 6.45) is 0.857. The molecule has 1 heterocycles. The Kier molecular flexibility index (Phi) is 6.37. The van der Waals surface area contributed by atoms with E-state index < -0.39 is 0 Å². The Hall–Kier alpha value is -3.21. The van der Waals surface area contributed by atoms with Crippen LogP contribution in [-0.2, 0) is 11.2 Å². The zero-order valence-corrected chi connectivity index (χ0v) is 16.2. The van der Waals surface area contributed by atoms with Crippen molar-refractivity contribution in [2.24, 2.45) is 0 Å². The van der Waals surface area contributed by atoms with Gasteiger partial charge in [0.2, 0.25) is 5.91 Å². The summed E-state index contributed by atoms with van der Waals surface area (Å²) in [5.41, 5.74) is 3.96. The van der Waals surface area contributed by atoms with Crippen molar-refractivity contribution >= 4 is 5.91 Å². The summed E-state index contributed by atoms with van der Waals surface area (Å²) < 4.78 is 0. The summed E-state index contributed by atoms with van der Waals surface area (Å²) in [4.78, 5) is 31.1. The number of H-pyrrole nitrogens is 1. The van der Waals surface area contributed by atoms with Crippen LogP contribution in [0, 0.1) is 13.8 Å². The fraction of sp³-hybridized carbons (Fsp3) is 0.261. The quantitative estimate of drug-likeness (QED) is 0.666. The Balaban J connectivity index is 1.68. The average Bonchev–Trinajstić information content (AvgIpc) is 2.67. The Labute approximate surface area is 164 Å². The first-order chi connectivity index (χ1) is 13.5. The molecule has 144 valence electrons. The molecule has 2 aromatic carbocycles. The third-order valence-corrected chi connectivity index (χ3v) is 4.76. The van der Waals surface area contributed by atoms with Crippen LogP contribution in [0.2, 0.25) is 0 Å². The molecule has 1 amide bonds. The molecule has 2 N–H and O–H groups in total. The first kappa shape index (κ1) is 19.5. The molecule has 0 fully saturated rings. The largest absolute Gasteiger partial charge is 0.356 e. The summed E-state index contributed by atoms with van der Waals surface area (Å²) >= 11 is 0. The molecule has 0 saturated carbocycles. The zero-order valence-electron chi connectivity index (χ0n) is 16.2. The third-order valence-electron chi connectivity index (χ3n) is 4.76. The minimum atomic E-state index is -0.169. The molecule has 1 aromatic heterocycles. The van der Waals surface area contributed by atoms with E-state index in [1.807, 2.05) is 30.3 Å². The summed E-state index contributed by atoms with van der Waals surface area (Å²) in [6, 6.07) is 19.7. The number of carbonyl (C=O) groups is 1. The molecule has 0 unspecified atom stereocenters. The van der Waals surface area contributed by atoms with Gasteiger partial charge in [-0.3, -0.25) is 9.59 Å². The monoisotopic (exact) mass is 375 g/mol. The second-order valence-electron chi connectivity index (χ2n) is 6.96. The molecular formula is C23H25N3O2. The predicted molar refractivity (Wildman–Crippen MR) is 110 cm³/mol. The lowest BCUT2D eigenvalue weighted by Gasteiger charge is -2.20. The number of hydrogen-bond donors (Lipinski definition) is 2. The SMILES string of the molecule is Cc1cc(=O)[nH]c(CCNC(=O)C[C@@H](c2ccccc2)c2ccccc2C)n1. The van der Waals surface area contributed by atoms with Crippen LogP contribution in [0.4, 0.5) is 0 Å². The van der Waals surface area contributed by atoms with Gasteiger partial charge < -0.3 is 10.3 Å². The van der Waals surface area contributed by atoms with Crippen molar-refractivity contribution < 1.29 is 4.79 Å². The van der Waals surface area contributed by atoms with Crippen LogP contribution in [-0.4, -0.2) is 22.4 Å². The van der Waals surface area contributed by atoms with Crippen molar-refractivity contribution in [1.82, 2.24) is 15.3 Å². The number of nitrogens with zero attached hydrogens (tertiary/aromatic N) is 1. The number of aromatic nitrogens is 2. The fourth-order valence-electron chi connectivity index (χ4n) is 3.41. The lowest BCUT2D eigenvalue weighted by atomic mass is 9.86. The van der Waals surface area contributed by atoms with E-state index in [0.29, 0.717) is 30.9 Å². The summed E-state index contributed by atoms with van der Waals surface area (Å²) in [7, 11) is 0. The van der Waals surface area contributed by atoms with E-state index >= 15 is 0 Å². The van der Waals surface area contributed by atoms with E-state index in [9.17, 15) is 9.59 Å². The molecule has 0 aliphatic heterocycles. The standard InChI is InChI=1S/C23H25N3O2/c1-16-8-6-7-11-19(16)20(18-9-4-3-5-10-18)15-22(27)24-13-12-21-25-17(2)14-23(28)26-21/h3-11,14,20H,12-13,15H2,1-2H3,(H,24,27)(H,25,26,28)/t20-/m0/s1. The van der Waals surface area contributed by atoms with Gasteiger partial charge in [0.15, 0.2) is 0 Å². The van der Waals surface area contributed by atoms with Crippen LogP contribution in [0.1, 0.15) is 40.5 Å². The Morgan fingerprint density at radius 3 is 2.50 bits per heavy atom. The van der Waals surface area contributed by atoms with Crippen molar-refractivity contribution in [3.63, 3.8) is 0 Å². The lowest BCUT2D eigenvalue weighted by molar-refractivity contribution is -0.121. The highest BCUT2D eigenvalue weighted by atomic mass is 16.1. The van der Waals surface area contributed by atoms with E-state index in [-0.39, 0.29) is 17.4 Å². The van der Waals surface area contributed by atoms with E-state index in [0.717, 1.165) is 11.1 Å². The normalized spacial score (nSPS) is 11.8. The Morgan fingerprint density at radius 1 is 1.07 bits per heavy atom. The molecule has 3 aromatic rings. The maximum Gasteiger partial charge on any atom is 0.251 e. The summed E-state index contributed by atoms with van der Waals surface area (Å²) in [5.74, 6) is 0.565. The maximum absolute atomic E-state index is 12.6. The summed E-state index contributed by atoms with van der Waals surface area (Å²) in [5, 5.41) is 2.96. The topological polar surface area (TPSA) is 74.8 Å². The van der Waals surface area contributed by atoms with Crippen LogP contribution in [0.3, 0.4) is 0 Å². The van der Waals surface area contributed by atoms with Gasteiger partial charge in [-0.05, 0) is 30.5 Å². The molecule has 5 nitrogen and oxygen atoms in total. The van der Waals surface area contributed by atoms with E-state index in [2.05, 4.69) is 46.5 Å². The molecule has 0 aliphatic carbocycles. The van der Waals surface area contributed by atoms with Crippen LogP contribution in [0.5, 0.6) is 0 Å². The number of benzene rings is 2. The second kappa shape index (κ2) is 9.13. The molecule has 1 atom stereocenters. The Morgan fingerprint density at radius 2 is 1.79 bits per heavy atom. The molecule has 0 aliphatic rings. The number of amides is 1. The smallest absolute Gasteiger partial charge is 0.251 e. The van der Waals surface area contributed by atoms with Gasteiger partial charge in [0, 0.05) is 37.1 Å². The van der Waals surface area contributed by atoms with Gasteiger partial charge in [-0.15, -0.1) is 0 Å². The number of nitrogens with one attached hydrogen (secondary N) is 2. The Bertz CT molecular complexity index is 996. The number of rotatable bonds is 7. The highest BCUT2D eigenvalue weighted by Gasteiger charge is 2.19. The highest BCUT2D eigenvalue weighted by molar-refractivity contribution is 5.77. The first-order valence-corrected chi connectivity index (χ1v) is 9.47. The van der Waals surface area contributed by atoms with Gasteiger partial charge in [0.05, 0.1) is 0 Å². The maximum atomic E-state index is 12.6. The van der Waals surface area contributed by atoms with E-state index in [1.54, 1.807) is 6.92 Å². The molecule has 3 rings (SSSR count). The first-order valence-electron chi connectivity index (χ1n) is 9.47. The van der Waals surface area contributed by atoms with Crippen LogP contribution in [0.15, 0.2) is 65.5 Å². The third kappa shape index (κ3) is 5.16. The minimum absolute atomic E-state index is 0.000647. The fourth-order valence-corrected chi connectivity index (χ4v) is 3.41. The van der Waals surface area contributed by atoms with Gasteiger partial charge in [-0.2, -0.15) is 0 Å². The second-order valence-corrected chi connectivity index (χ2v) is 6.96. The minimum Gasteiger partial charge on any atom is -0.356 e. The average molecular weight is 375 g/mol. The lowest BCUT2D eigenvalue weighted by Crippen LogP contribution is -2.28. The molecule has 0 spiro atoms. The van der Waals surface area contributed by atoms with Gasteiger partial charge >= 0.3 is 0 Å².